The Bertz CT molecular complexity index is 1010. The molecule has 0 saturated carbocycles. The molecule has 0 aliphatic rings. The minimum Gasteiger partial charge on any atom is -0.507 e. The van der Waals surface area contributed by atoms with Crippen LogP contribution in [0.2, 0.25) is 0 Å². The molecule has 0 fully saturated rings. The van der Waals surface area contributed by atoms with Crippen LogP contribution in [0.25, 0.3) is 10.8 Å². The average Bonchev–Trinajstić information content (AvgIpc) is 2.74. The number of nitrogens with zero attached hydrogens (tertiary/aromatic N) is 2. The highest BCUT2D eigenvalue weighted by Gasteiger charge is 2.06. The Balaban J connectivity index is 1.53. The Labute approximate surface area is 170 Å². The fourth-order valence-electron chi connectivity index (χ4n) is 3.04. The Hall–Kier alpha value is -3.54. The van der Waals surface area contributed by atoms with Crippen LogP contribution in [0.1, 0.15) is 19.4 Å². The van der Waals surface area contributed by atoms with Crippen molar-refractivity contribution in [2.24, 2.45) is 5.10 Å². The quantitative estimate of drug-likeness (QED) is 0.451. The molecule has 0 heterocycles. The first-order valence-electron chi connectivity index (χ1n) is 9.62. The minimum atomic E-state index is -0.381. The smallest absolute Gasteiger partial charge is 0.277 e. The molecule has 3 aromatic rings. The van der Waals surface area contributed by atoms with Crippen molar-refractivity contribution in [3.05, 3.63) is 66.2 Å². The molecule has 150 valence electrons. The SMILES string of the molecule is CCN(CC)c1ccc(C=NNC(=O)COc2ccc3ccccc3c2)c(O)c1. The van der Waals surface area contributed by atoms with Crippen molar-refractivity contribution in [3.8, 4) is 11.5 Å². The van der Waals surface area contributed by atoms with Gasteiger partial charge in [0.1, 0.15) is 11.5 Å². The molecule has 0 aliphatic carbocycles. The molecule has 0 atom stereocenters. The van der Waals surface area contributed by atoms with E-state index in [0.29, 0.717) is 11.3 Å². The summed E-state index contributed by atoms with van der Waals surface area (Å²) < 4.78 is 5.53. The molecule has 1 amide bonds. The van der Waals surface area contributed by atoms with Gasteiger partial charge in [0, 0.05) is 30.4 Å². The standard InChI is InChI=1S/C23H25N3O3/c1-3-26(4-2)20-11-9-19(22(27)14-20)15-24-25-23(28)16-29-21-12-10-17-7-5-6-8-18(17)13-21/h5-15,27H,3-4,16H2,1-2H3,(H,25,28). The number of ether oxygens (including phenoxy) is 1. The maximum absolute atomic E-state index is 12.0. The van der Waals surface area contributed by atoms with Crippen LogP contribution >= 0.6 is 0 Å². The summed E-state index contributed by atoms with van der Waals surface area (Å²) in [4.78, 5) is 14.1. The first kappa shape index (κ1) is 20.2. The lowest BCUT2D eigenvalue weighted by atomic mass is 10.1. The molecule has 3 aromatic carbocycles. The van der Waals surface area contributed by atoms with Gasteiger partial charge in [-0.3, -0.25) is 4.79 Å². The molecule has 6 nitrogen and oxygen atoms in total. The number of nitrogens with one attached hydrogen (secondary N) is 1. The van der Waals surface area contributed by atoms with Crippen molar-refractivity contribution in [3.63, 3.8) is 0 Å². The maximum atomic E-state index is 12.0. The van der Waals surface area contributed by atoms with E-state index in [1.807, 2.05) is 48.5 Å². The van der Waals surface area contributed by atoms with Crippen LogP contribution in [0.3, 0.4) is 0 Å². The number of carbonyl (C=O) groups excluding carboxylic acids is 1. The molecule has 29 heavy (non-hydrogen) atoms. The van der Waals surface area contributed by atoms with E-state index in [4.69, 9.17) is 4.74 Å². The summed E-state index contributed by atoms with van der Waals surface area (Å²) in [5, 5.41) is 16.2. The molecule has 0 unspecified atom stereocenters. The summed E-state index contributed by atoms with van der Waals surface area (Å²) in [7, 11) is 0. The van der Waals surface area contributed by atoms with Gasteiger partial charge in [-0.2, -0.15) is 5.10 Å². The number of aromatic hydroxyl groups is 1. The van der Waals surface area contributed by atoms with E-state index in [-0.39, 0.29) is 18.3 Å². The summed E-state index contributed by atoms with van der Waals surface area (Å²) in [5.74, 6) is 0.348. The predicted molar refractivity (Wildman–Crippen MR) is 117 cm³/mol. The predicted octanol–water partition coefficient (Wildman–Crippen LogP) is 3.92. The minimum absolute atomic E-state index is 0.111. The molecule has 0 radical (unpaired) electrons. The van der Waals surface area contributed by atoms with Crippen molar-refractivity contribution in [1.82, 2.24) is 5.43 Å². The van der Waals surface area contributed by atoms with Gasteiger partial charge in [-0.1, -0.05) is 30.3 Å². The Morgan fingerprint density at radius 2 is 1.83 bits per heavy atom. The van der Waals surface area contributed by atoms with E-state index in [2.05, 4.69) is 29.3 Å². The normalized spacial score (nSPS) is 11.0. The zero-order valence-electron chi connectivity index (χ0n) is 16.6. The number of rotatable bonds is 8. The summed E-state index contributed by atoms with van der Waals surface area (Å²) >= 11 is 0. The van der Waals surface area contributed by atoms with Crippen molar-refractivity contribution < 1.29 is 14.6 Å². The number of phenolic OH excluding ortho intramolecular Hbond substituents is 1. The largest absolute Gasteiger partial charge is 0.507 e. The lowest BCUT2D eigenvalue weighted by molar-refractivity contribution is -0.123. The summed E-state index contributed by atoms with van der Waals surface area (Å²) in [5.41, 5.74) is 3.88. The molecule has 0 spiro atoms. The number of anilines is 1. The van der Waals surface area contributed by atoms with E-state index >= 15 is 0 Å². The van der Waals surface area contributed by atoms with Gasteiger partial charge in [-0.15, -0.1) is 0 Å². The molecule has 3 rings (SSSR count). The van der Waals surface area contributed by atoms with E-state index < -0.39 is 0 Å². The lowest BCUT2D eigenvalue weighted by Gasteiger charge is -2.21. The highest BCUT2D eigenvalue weighted by Crippen LogP contribution is 2.23. The first-order valence-corrected chi connectivity index (χ1v) is 9.62. The molecular formula is C23H25N3O3. The number of hydrogen-bond acceptors (Lipinski definition) is 5. The Kier molecular flexibility index (Phi) is 6.68. The number of fused-ring (bicyclic) bond motifs is 1. The van der Waals surface area contributed by atoms with Crippen LogP contribution in [0.5, 0.6) is 11.5 Å². The van der Waals surface area contributed by atoms with Gasteiger partial charge in [-0.25, -0.2) is 5.43 Å². The molecule has 0 bridgehead atoms. The van der Waals surface area contributed by atoms with Crippen LogP contribution in [-0.4, -0.2) is 36.9 Å². The highest BCUT2D eigenvalue weighted by molar-refractivity contribution is 5.86. The topological polar surface area (TPSA) is 74.2 Å². The van der Waals surface area contributed by atoms with Crippen molar-refractivity contribution in [2.45, 2.75) is 13.8 Å². The summed E-state index contributed by atoms with van der Waals surface area (Å²) in [6, 6.07) is 19.0. The van der Waals surface area contributed by atoms with Crippen molar-refractivity contribution in [1.29, 1.82) is 0 Å². The Morgan fingerprint density at radius 1 is 1.07 bits per heavy atom. The van der Waals surface area contributed by atoms with Crippen LogP contribution in [-0.2, 0) is 4.79 Å². The van der Waals surface area contributed by atoms with E-state index in [0.717, 1.165) is 29.5 Å². The van der Waals surface area contributed by atoms with Crippen molar-refractivity contribution >= 4 is 28.6 Å². The number of carbonyl (C=O) groups is 1. The molecule has 0 aliphatic heterocycles. The fourth-order valence-corrected chi connectivity index (χ4v) is 3.04. The third-order valence-corrected chi connectivity index (χ3v) is 4.63. The van der Waals surface area contributed by atoms with Gasteiger partial charge in [0.2, 0.25) is 0 Å². The fraction of sp³-hybridized carbons (Fsp3) is 0.217. The second-order valence-corrected chi connectivity index (χ2v) is 6.51. The number of benzene rings is 3. The zero-order valence-corrected chi connectivity index (χ0v) is 16.6. The maximum Gasteiger partial charge on any atom is 0.277 e. The number of amides is 1. The number of hydrogen-bond donors (Lipinski definition) is 2. The monoisotopic (exact) mass is 391 g/mol. The van der Waals surface area contributed by atoms with Gasteiger partial charge in [0.25, 0.3) is 5.91 Å². The molecule has 0 aromatic heterocycles. The second kappa shape index (κ2) is 9.59. The number of hydrazone groups is 1. The molecule has 0 saturated heterocycles. The molecule has 2 N–H and O–H groups in total. The summed E-state index contributed by atoms with van der Waals surface area (Å²) in [6.45, 7) is 5.69. The van der Waals surface area contributed by atoms with Crippen LogP contribution in [0.4, 0.5) is 5.69 Å². The van der Waals surface area contributed by atoms with Crippen molar-refractivity contribution in [2.75, 3.05) is 24.6 Å². The van der Waals surface area contributed by atoms with Crippen LogP contribution in [0, 0.1) is 0 Å². The molecule has 6 heteroatoms. The van der Waals surface area contributed by atoms with Gasteiger partial charge in [-0.05, 0) is 48.9 Å². The zero-order chi connectivity index (χ0) is 20.6. The van der Waals surface area contributed by atoms with Crippen LogP contribution < -0.4 is 15.1 Å². The number of phenols is 1. The lowest BCUT2D eigenvalue weighted by Crippen LogP contribution is -2.24. The van der Waals surface area contributed by atoms with E-state index in [9.17, 15) is 9.90 Å². The third kappa shape index (κ3) is 5.25. The second-order valence-electron chi connectivity index (χ2n) is 6.51. The van der Waals surface area contributed by atoms with Crippen LogP contribution in [0.15, 0.2) is 65.8 Å². The first-order chi connectivity index (χ1) is 14.1. The van der Waals surface area contributed by atoms with Gasteiger partial charge < -0.3 is 14.7 Å². The van der Waals surface area contributed by atoms with Gasteiger partial charge >= 0.3 is 0 Å². The van der Waals surface area contributed by atoms with Gasteiger partial charge in [0.05, 0.1) is 6.21 Å². The van der Waals surface area contributed by atoms with E-state index in [1.165, 1.54) is 6.21 Å². The third-order valence-electron chi connectivity index (χ3n) is 4.63. The summed E-state index contributed by atoms with van der Waals surface area (Å²) in [6.07, 6.45) is 1.41. The van der Waals surface area contributed by atoms with Gasteiger partial charge in [0.15, 0.2) is 6.61 Å². The van der Waals surface area contributed by atoms with E-state index in [1.54, 1.807) is 12.1 Å². The highest BCUT2D eigenvalue weighted by atomic mass is 16.5. The molecular weight excluding hydrogens is 366 g/mol. The Morgan fingerprint density at radius 3 is 2.55 bits per heavy atom. The average molecular weight is 391 g/mol.